The van der Waals surface area contributed by atoms with Crippen molar-refractivity contribution in [2.75, 3.05) is 5.32 Å². The van der Waals surface area contributed by atoms with Gasteiger partial charge in [-0.15, -0.1) is 4.40 Å². The first-order chi connectivity index (χ1) is 13.5. The Labute approximate surface area is 168 Å². The smallest absolute Gasteiger partial charge is 0.334 e. The molecule has 156 valence electrons. The van der Waals surface area contributed by atoms with Crippen molar-refractivity contribution in [1.29, 1.82) is 0 Å². The first-order valence-electron chi connectivity index (χ1n) is 9.34. The van der Waals surface area contributed by atoms with Crippen molar-refractivity contribution in [1.82, 2.24) is 9.13 Å². The van der Waals surface area contributed by atoms with Gasteiger partial charge in [0.25, 0.3) is 15.6 Å². The van der Waals surface area contributed by atoms with E-state index in [0.717, 1.165) is 9.13 Å². The standard InChI is InChI=1S/C19H24N4O5S/c1-11(2)9-10-22-17(24)15(18(25)23(12(3)4)19(22)26)16-20-13-7-5-6-8-14(13)29(27,28)21-16/h5-8,11-12,25H,9-10H2,1-4H3,(H,20,21). The molecule has 1 aromatic heterocycles. The average molecular weight is 420 g/mol. The van der Waals surface area contributed by atoms with Crippen molar-refractivity contribution in [3.05, 3.63) is 50.7 Å². The fourth-order valence-corrected chi connectivity index (χ4v) is 4.26. The Bertz CT molecular complexity index is 1210. The summed E-state index contributed by atoms with van der Waals surface area (Å²) in [6.45, 7) is 7.44. The number of benzene rings is 1. The van der Waals surface area contributed by atoms with Crippen LogP contribution in [0.3, 0.4) is 0 Å². The molecule has 0 spiro atoms. The molecular weight excluding hydrogens is 396 g/mol. The lowest BCUT2D eigenvalue weighted by molar-refractivity contribution is 0.363. The minimum Gasteiger partial charge on any atom is -0.494 e. The quantitative estimate of drug-likeness (QED) is 0.762. The number of nitrogens with one attached hydrogen (secondary N) is 1. The van der Waals surface area contributed by atoms with Crippen LogP contribution in [-0.4, -0.2) is 28.5 Å². The molecule has 0 fully saturated rings. The van der Waals surface area contributed by atoms with Gasteiger partial charge in [0.1, 0.15) is 10.5 Å². The molecule has 9 nitrogen and oxygen atoms in total. The molecule has 0 saturated carbocycles. The molecule has 1 aliphatic heterocycles. The largest absolute Gasteiger partial charge is 0.494 e. The van der Waals surface area contributed by atoms with E-state index in [9.17, 15) is 23.1 Å². The summed E-state index contributed by atoms with van der Waals surface area (Å²) in [4.78, 5) is 25.9. The van der Waals surface area contributed by atoms with Gasteiger partial charge in [0.2, 0.25) is 5.88 Å². The first kappa shape index (κ1) is 20.8. The van der Waals surface area contributed by atoms with Gasteiger partial charge in [-0.25, -0.2) is 4.79 Å². The second kappa shape index (κ2) is 7.51. The number of hydrogen-bond donors (Lipinski definition) is 2. The molecule has 3 rings (SSSR count). The van der Waals surface area contributed by atoms with Crippen molar-refractivity contribution in [3.63, 3.8) is 0 Å². The molecule has 1 aromatic carbocycles. The van der Waals surface area contributed by atoms with Gasteiger partial charge in [0.05, 0.1) is 5.69 Å². The van der Waals surface area contributed by atoms with Gasteiger partial charge in [-0.3, -0.25) is 13.9 Å². The van der Waals surface area contributed by atoms with Crippen LogP contribution in [0.2, 0.25) is 0 Å². The van der Waals surface area contributed by atoms with E-state index in [1.807, 2.05) is 13.8 Å². The minimum absolute atomic E-state index is 0.0273. The highest BCUT2D eigenvalue weighted by Gasteiger charge is 2.31. The van der Waals surface area contributed by atoms with Crippen molar-refractivity contribution in [3.8, 4) is 5.88 Å². The summed E-state index contributed by atoms with van der Waals surface area (Å²) in [7, 11) is -4.08. The van der Waals surface area contributed by atoms with Gasteiger partial charge >= 0.3 is 5.69 Å². The molecule has 0 atom stereocenters. The number of anilines is 1. The first-order valence-corrected chi connectivity index (χ1v) is 10.8. The monoisotopic (exact) mass is 420 g/mol. The third-order valence-corrected chi connectivity index (χ3v) is 6.00. The van der Waals surface area contributed by atoms with Crippen LogP contribution in [-0.2, 0) is 16.6 Å². The molecule has 0 bridgehead atoms. The Hall–Kier alpha value is -2.88. The van der Waals surface area contributed by atoms with E-state index >= 15 is 0 Å². The van der Waals surface area contributed by atoms with Gasteiger partial charge in [0.15, 0.2) is 5.84 Å². The number of rotatable bonds is 5. The summed E-state index contributed by atoms with van der Waals surface area (Å²) < 4.78 is 30.9. The summed E-state index contributed by atoms with van der Waals surface area (Å²) >= 11 is 0. The summed E-state index contributed by atoms with van der Waals surface area (Å²) in [5.74, 6) is -0.682. The molecule has 2 aromatic rings. The normalized spacial score (nSPS) is 15.2. The summed E-state index contributed by atoms with van der Waals surface area (Å²) in [5.41, 5.74) is -1.54. The van der Waals surface area contributed by atoms with Crippen LogP contribution in [0.4, 0.5) is 5.69 Å². The van der Waals surface area contributed by atoms with Crippen LogP contribution in [0, 0.1) is 5.92 Å². The van der Waals surface area contributed by atoms with Crippen molar-refractivity contribution >= 4 is 21.5 Å². The highest BCUT2D eigenvalue weighted by molar-refractivity contribution is 7.90. The van der Waals surface area contributed by atoms with Crippen LogP contribution in [0.1, 0.15) is 45.7 Å². The maximum atomic E-state index is 13.1. The average Bonchev–Trinajstić information content (AvgIpc) is 2.60. The lowest BCUT2D eigenvalue weighted by atomic mass is 10.1. The van der Waals surface area contributed by atoms with Crippen molar-refractivity contribution in [2.45, 2.75) is 51.6 Å². The van der Waals surface area contributed by atoms with Gasteiger partial charge in [-0.2, -0.15) is 8.42 Å². The van der Waals surface area contributed by atoms with Gasteiger partial charge in [-0.05, 0) is 38.3 Å². The molecule has 1 aliphatic rings. The number of aromatic hydroxyl groups is 1. The van der Waals surface area contributed by atoms with Crippen LogP contribution < -0.4 is 16.6 Å². The molecule has 0 aliphatic carbocycles. The maximum absolute atomic E-state index is 13.1. The fourth-order valence-electron chi connectivity index (χ4n) is 3.14. The molecular formula is C19H24N4O5S. The zero-order valence-electron chi connectivity index (χ0n) is 16.7. The third kappa shape index (κ3) is 3.71. The minimum atomic E-state index is -4.08. The second-order valence-corrected chi connectivity index (χ2v) is 9.19. The predicted molar refractivity (Wildman–Crippen MR) is 110 cm³/mol. The zero-order valence-corrected chi connectivity index (χ0v) is 17.5. The summed E-state index contributed by atoms with van der Waals surface area (Å²) in [6, 6.07) is 5.68. The Morgan fingerprint density at radius 2 is 1.79 bits per heavy atom. The maximum Gasteiger partial charge on any atom is 0.334 e. The zero-order chi connectivity index (χ0) is 21.5. The summed E-state index contributed by atoms with van der Waals surface area (Å²) in [6.07, 6.45) is 0.568. The van der Waals surface area contributed by atoms with Crippen LogP contribution in [0.25, 0.3) is 0 Å². The number of aromatic nitrogens is 2. The Kier molecular flexibility index (Phi) is 5.40. The third-order valence-electron chi connectivity index (χ3n) is 4.66. The van der Waals surface area contributed by atoms with E-state index in [2.05, 4.69) is 9.71 Å². The fraction of sp³-hybridized carbons (Fsp3) is 0.421. The summed E-state index contributed by atoms with van der Waals surface area (Å²) in [5, 5.41) is 13.5. The van der Waals surface area contributed by atoms with E-state index in [1.165, 1.54) is 12.1 Å². The molecule has 0 unspecified atom stereocenters. The van der Waals surface area contributed by atoms with E-state index < -0.39 is 33.2 Å². The number of fused-ring (bicyclic) bond motifs is 1. The van der Waals surface area contributed by atoms with Crippen LogP contribution >= 0.6 is 0 Å². The molecule has 0 saturated heterocycles. The van der Waals surface area contributed by atoms with E-state index in [0.29, 0.717) is 6.42 Å². The number of para-hydroxylation sites is 1. The Balaban J connectivity index is 2.29. The van der Waals surface area contributed by atoms with E-state index in [-0.39, 0.29) is 34.4 Å². The molecule has 29 heavy (non-hydrogen) atoms. The SMILES string of the molecule is CC(C)CCn1c(=O)c(C2=NS(=O)(=O)c3ccccc3N2)c(O)n(C(C)C)c1=O. The second-order valence-electron chi connectivity index (χ2n) is 7.62. The molecule has 0 radical (unpaired) electrons. The highest BCUT2D eigenvalue weighted by Crippen LogP contribution is 2.29. The Morgan fingerprint density at radius 1 is 1.14 bits per heavy atom. The van der Waals surface area contributed by atoms with E-state index in [4.69, 9.17) is 0 Å². The Morgan fingerprint density at radius 3 is 2.41 bits per heavy atom. The number of nitrogens with zero attached hydrogens (tertiary/aromatic N) is 3. The molecule has 10 heteroatoms. The van der Waals surface area contributed by atoms with Crippen molar-refractivity contribution in [2.24, 2.45) is 10.3 Å². The van der Waals surface area contributed by atoms with Crippen molar-refractivity contribution < 1.29 is 13.5 Å². The number of amidine groups is 1. The van der Waals surface area contributed by atoms with E-state index in [1.54, 1.807) is 26.0 Å². The molecule has 0 amide bonds. The number of sulfonamides is 1. The van der Waals surface area contributed by atoms with Gasteiger partial charge in [-0.1, -0.05) is 26.0 Å². The lowest BCUT2D eigenvalue weighted by Crippen LogP contribution is -2.44. The van der Waals surface area contributed by atoms with Crippen LogP contribution in [0.5, 0.6) is 5.88 Å². The molecule has 2 N–H and O–H groups in total. The predicted octanol–water partition coefficient (Wildman–Crippen LogP) is 1.90. The number of hydrogen-bond acceptors (Lipinski definition) is 6. The highest BCUT2D eigenvalue weighted by atomic mass is 32.2. The topological polar surface area (TPSA) is 123 Å². The van der Waals surface area contributed by atoms with Gasteiger partial charge < -0.3 is 10.4 Å². The van der Waals surface area contributed by atoms with Crippen LogP contribution in [0.15, 0.2) is 43.1 Å². The van der Waals surface area contributed by atoms with Gasteiger partial charge in [0, 0.05) is 12.6 Å². The lowest BCUT2D eigenvalue weighted by Gasteiger charge is -2.22. The molecule has 2 heterocycles.